The molecule has 0 aromatic heterocycles. The summed E-state index contributed by atoms with van der Waals surface area (Å²) in [5.41, 5.74) is 2.06. The minimum Gasteiger partial charge on any atom is -0.265 e. The van der Waals surface area contributed by atoms with Gasteiger partial charge in [-0.1, -0.05) is 41.1 Å². The van der Waals surface area contributed by atoms with Crippen molar-refractivity contribution in [2.24, 2.45) is 0 Å². The molecule has 0 saturated heterocycles. The van der Waals surface area contributed by atoms with E-state index >= 15 is 0 Å². The Morgan fingerprint density at radius 1 is 1.27 bits per heavy atom. The van der Waals surface area contributed by atoms with E-state index in [0.29, 0.717) is 22.3 Å². The largest absolute Gasteiger partial charge is 0.265 e. The van der Waals surface area contributed by atoms with Crippen molar-refractivity contribution in [2.75, 3.05) is 10.8 Å². The molecule has 3 rings (SSSR count). The predicted octanol–water partition coefficient (Wildman–Crippen LogP) is 3.63. The van der Waals surface area contributed by atoms with Crippen molar-refractivity contribution in [1.29, 1.82) is 5.26 Å². The smallest absolute Gasteiger partial charge is 0.264 e. The van der Waals surface area contributed by atoms with Crippen molar-refractivity contribution >= 4 is 31.6 Å². The van der Waals surface area contributed by atoms with Gasteiger partial charge < -0.3 is 0 Å². The maximum Gasteiger partial charge on any atom is 0.264 e. The first kappa shape index (κ1) is 15.1. The highest BCUT2D eigenvalue weighted by molar-refractivity contribution is 9.10. The van der Waals surface area contributed by atoms with E-state index in [1.807, 2.05) is 37.3 Å². The molecule has 1 unspecified atom stereocenters. The van der Waals surface area contributed by atoms with Crippen LogP contribution in [0.15, 0.2) is 51.8 Å². The van der Waals surface area contributed by atoms with Crippen LogP contribution in [0.5, 0.6) is 0 Å². The lowest BCUT2D eigenvalue weighted by Crippen LogP contribution is -2.29. The average molecular weight is 377 g/mol. The minimum atomic E-state index is -3.69. The van der Waals surface area contributed by atoms with Crippen LogP contribution in [-0.2, 0) is 10.0 Å². The lowest BCUT2D eigenvalue weighted by Gasteiger charge is -2.20. The molecule has 0 spiro atoms. The molecule has 1 aliphatic rings. The van der Waals surface area contributed by atoms with Gasteiger partial charge in [-0.2, -0.15) is 5.26 Å². The number of nitrogens with zero attached hydrogens (tertiary/aromatic N) is 2. The molecule has 2 aromatic carbocycles. The third-order valence-electron chi connectivity index (χ3n) is 3.76. The van der Waals surface area contributed by atoms with E-state index in [1.165, 1.54) is 16.4 Å². The molecule has 4 nitrogen and oxygen atoms in total. The maximum absolute atomic E-state index is 13.0. The number of sulfonamides is 1. The summed E-state index contributed by atoms with van der Waals surface area (Å²) >= 11 is 3.26. The quantitative estimate of drug-likeness (QED) is 0.803. The fourth-order valence-corrected chi connectivity index (χ4v) is 5.00. The summed E-state index contributed by atoms with van der Waals surface area (Å²) in [6, 6.07) is 14.0. The number of benzene rings is 2. The SMILES string of the molecule is CC1CN(S(=O)(=O)c2cc(Br)cc(C#N)c2)c2ccccc21. The fourth-order valence-electron chi connectivity index (χ4n) is 2.71. The number of fused-ring (bicyclic) bond motifs is 1. The number of anilines is 1. The van der Waals surface area contributed by atoms with Crippen LogP contribution in [0.3, 0.4) is 0 Å². The van der Waals surface area contributed by atoms with Gasteiger partial charge in [-0.15, -0.1) is 0 Å². The summed E-state index contributed by atoms with van der Waals surface area (Å²) in [5, 5.41) is 9.04. The van der Waals surface area contributed by atoms with E-state index in [4.69, 9.17) is 5.26 Å². The Kier molecular flexibility index (Phi) is 3.71. The second kappa shape index (κ2) is 5.41. The molecule has 112 valence electrons. The minimum absolute atomic E-state index is 0.127. The first-order valence-electron chi connectivity index (χ1n) is 6.76. The van der Waals surface area contributed by atoms with Gasteiger partial charge >= 0.3 is 0 Å². The molecule has 0 radical (unpaired) electrons. The molecular formula is C16H13BrN2O2S. The topological polar surface area (TPSA) is 61.2 Å². The zero-order valence-corrected chi connectivity index (χ0v) is 14.2. The summed E-state index contributed by atoms with van der Waals surface area (Å²) < 4.78 is 27.9. The molecule has 22 heavy (non-hydrogen) atoms. The Hall–Kier alpha value is -1.84. The summed E-state index contributed by atoms with van der Waals surface area (Å²) in [6.07, 6.45) is 0. The van der Waals surface area contributed by atoms with E-state index in [0.717, 1.165) is 5.56 Å². The Balaban J connectivity index is 2.13. The van der Waals surface area contributed by atoms with Crippen molar-refractivity contribution in [3.8, 4) is 6.07 Å². The molecule has 0 fully saturated rings. The first-order valence-corrected chi connectivity index (χ1v) is 8.99. The van der Waals surface area contributed by atoms with Crippen LogP contribution in [0, 0.1) is 11.3 Å². The van der Waals surface area contributed by atoms with Crippen molar-refractivity contribution in [1.82, 2.24) is 0 Å². The van der Waals surface area contributed by atoms with Gasteiger partial charge in [0.15, 0.2) is 0 Å². The summed E-state index contributed by atoms with van der Waals surface area (Å²) in [5.74, 6) is 0.147. The molecule has 0 aliphatic carbocycles. The van der Waals surface area contributed by atoms with Crippen molar-refractivity contribution < 1.29 is 8.42 Å². The molecule has 0 saturated carbocycles. The van der Waals surface area contributed by atoms with Crippen molar-refractivity contribution in [3.63, 3.8) is 0 Å². The number of rotatable bonds is 2. The molecule has 0 bridgehead atoms. The standard InChI is InChI=1S/C16H13BrN2O2S/c1-11-10-19(16-5-3-2-4-15(11)16)22(20,21)14-7-12(9-18)6-13(17)8-14/h2-8,11H,10H2,1H3. The zero-order valence-electron chi connectivity index (χ0n) is 11.8. The second-order valence-electron chi connectivity index (χ2n) is 5.28. The van der Waals surface area contributed by atoms with Crippen LogP contribution in [0.25, 0.3) is 0 Å². The Morgan fingerprint density at radius 3 is 2.73 bits per heavy atom. The summed E-state index contributed by atoms with van der Waals surface area (Å²) in [4.78, 5) is 0.127. The van der Waals surface area contributed by atoms with Crippen molar-refractivity contribution in [2.45, 2.75) is 17.7 Å². The first-order chi connectivity index (χ1) is 10.4. The molecule has 1 heterocycles. The molecule has 0 N–H and O–H groups in total. The van der Waals surface area contributed by atoms with Crippen molar-refractivity contribution in [3.05, 3.63) is 58.1 Å². The molecule has 6 heteroatoms. The van der Waals surface area contributed by atoms with Gasteiger partial charge in [-0.05, 0) is 29.8 Å². The fraction of sp³-hybridized carbons (Fsp3) is 0.188. The Morgan fingerprint density at radius 2 is 2.00 bits per heavy atom. The van der Waals surface area contributed by atoms with Crippen LogP contribution >= 0.6 is 15.9 Å². The summed E-state index contributed by atoms with van der Waals surface area (Å²) in [6.45, 7) is 2.42. The molecule has 2 aromatic rings. The number of para-hydroxylation sites is 1. The van der Waals surface area contributed by atoms with Crippen LogP contribution in [0.1, 0.15) is 24.0 Å². The van der Waals surface area contributed by atoms with E-state index in [1.54, 1.807) is 6.07 Å². The van der Waals surface area contributed by atoms with Gasteiger partial charge in [0.2, 0.25) is 0 Å². The second-order valence-corrected chi connectivity index (χ2v) is 8.06. The van der Waals surface area contributed by atoms with Crippen LogP contribution in [-0.4, -0.2) is 15.0 Å². The van der Waals surface area contributed by atoms with E-state index in [-0.39, 0.29) is 10.8 Å². The van der Waals surface area contributed by atoms with E-state index in [9.17, 15) is 8.42 Å². The highest BCUT2D eigenvalue weighted by Crippen LogP contribution is 2.39. The third kappa shape index (κ3) is 2.40. The highest BCUT2D eigenvalue weighted by atomic mass is 79.9. The predicted molar refractivity (Wildman–Crippen MR) is 88.2 cm³/mol. The molecule has 0 amide bonds. The van der Waals surface area contributed by atoms with E-state index < -0.39 is 10.0 Å². The molecule has 1 atom stereocenters. The van der Waals surface area contributed by atoms with Gasteiger partial charge in [0.05, 0.1) is 22.2 Å². The van der Waals surface area contributed by atoms with E-state index in [2.05, 4.69) is 15.9 Å². The Labute approximate surface area is 138 Å². The maximum atomic E-state index is 13.0. The lowest BCUT2D eigenvalue weighted by molar-refractivity contribution is 0.590. The number of nitriles is 1. The van der Waals surface area contributed by atoms with Gasteiger partial charge in [-0.3, -0.25) is 4.31 Å². The monoisotopic (exact) mass is 376 g/mol. The number of halogens is 1. The average Bonchev–Trinajstić information content (AvgIpc) is 2.85. The van der Waals surface area contributed by atoms with Crippen LogP contribution in [0.2, 0.25) is 0 Å². The normalized spacial score (nSPS) is 17.1. The number of hydrogen-bond donors (Lipinski definition) is 0. The van der Waals surface area contributed by atoms with Gasteiger partial charge in [-0.25, -0.2) is 8.42 Å². The number of hydrogen-bond acceptors (Lipinski definition) is 3. The lowest BCUT2D eigenvalue weighted by atomic mass is 10.0. The molecular weight excluding hydrogens is 364 g/mol. The van der Waals surface area contributed by atoms with Crippen LogP contribution < -0.4 is 4.31 Å². The Bertz CT molecular complexity index is 887. The molecule has 1 aliphatic heterocycles. The van der Waals surface area contributed by atoms with Gasteiger partial charge in [0.25, 0.3) is 10.0 Å². The highest BCUT2D eigenvalue weighted by Gasteiger charge is 2.34. The zero-order chi connectivity index (χ0) is 15.9. The van der Waals surface area contributed by atoms with Gasteiger partial charge in [0, 0.05) is 16.9 Å². The van der Waals surface area contributed by atoms with Crippen LogP contribution in [0.4, 0.5) is 5.69 Å². The summed E-state index contributed by atoms with van der Waals surface area (Å²) in [7, 11) is -3.69. The third-order valence-corrected chi connectivity index (χ3v) is 5.98. The van der Waals surface area contributed by atoms with Gasteiger partial charge in [0.1, 0.15) is 0 Å².